The Morgan fingerprint density at radius 3 is 2.94 bits per heavy atom. The van der Waals surface area contributed by atoms with Crippen LogP contribution in [-0.2, 0) is 0 Å². The van der Waals surface area contributed by atoms with Gasteiger partial charge in [-0.15, -0.1) is 0 Å². The van der Waals surface area contributed by atoms with Crippen LogP contribution in [0.1, 0.15) is 35.1 Å². The van der Waals surface area contributed by atoms with Crippen molar-refractivity contribution >= 4 is 16.8 Å². The van der Waals surface area contributed by atoms with Crippen LogP contribution >= 0.6 is 0 Å². The maximum Gasteiger partial charge on any atom is 0.176 e. The molecule has 0 spiro atoms. The van der Waals surface area contributed by atoms with Gasteiger partial charge in [-0.25, -0.2) is 4.98 Å². The second-order valence-electron chi connectivity index (χ2n) is 4.92. The van der Waals surface area contributed by atoms with E-state index in [1.54, 1.807) is 7.05 Å². The maximum absolute atomic E-state index is 11.8. The number of fused-ring (bicyclic) bond motifs is 1. The third kappa shape index (κ3) is 1.82. The molecule has 4 heteroatoms. The highest BCUT2D eigenvalue weighted by atomic mass is 16.1. The van der Waals surface area contributed by atoms with Crippen molar-refractivity contribution in [1.82, 2.24) is 14.9 Å². The van der Waals surface area contributed by atoms with Gasteiger partial charge in [-0.2, -0.15) is 0 Å². The van der Waals surface area contributed by atoms with Gasteiger partial charge in [0.1, 0.15) is 5.82 Å². The number of aromatic nitrogens is 2. The lowest BCUT2D eigenvalue weighted by Crippen LogP contribution is -2.18. The van der Waals surface area contributed by atoms with Crippen molar-refractivity contribution in [2.75, 3.05) is 13.6 Å². The van der Waals surface area contributed by atoms with Gasteiger partial charge in [0.05, 0.1) is 17.6 Å². The van der Waals surface area contributed by atoms with Gasteiger partial charge in [0.25, 0.3) is 0 Å². The molecule has 1 aliphatic carbocycles. The topological polar surface area (TPSA) is 46.9 Å². The first kappa shape index (κ1) is 11.4. The van der Waals surface area contributed by atoms with Crippen LogP contribution in [0.5, 0.6) is 0 Å². The number of aryl methyl sites for hydroxylation is 1. The first-order valence-electron chi connectivity index (χ1n) is 6.37. The number of rotatable bonds is 4. The minimum Gasteiger partial charge on any atom is -0.325 e. The molecule has 0 unspecified atom stereocenters. The van der Waals surface area contributed by atoms with Crippen molar-refractivity contribution in [3.63, 3.8) is 0 Å². The first-order valence-corrected chi connectivity index (χ1v) is 6.37. The summed E-state index contributed by atoms with van der Waals surface area (Å²) in [5.41, 5.74) is 2.81. The van der Waals surface area contributed by atoms with Gasteiger partial charge in [0.15, 0.2) is 5.78 Å². The van der Waals surface area contributed by atoms with Gasteiger partial charge >= 0.3 is 0 Å². The van der Waals surface area contributed by atoms with Crippen LogP contribution < -0.4 is 5.32 Å². The SMILES string of the molecule is CNCC(=O)c1ccc2c(c1)nc(C)n2C1CC1. The number of ketones is 1. The number of nitrogens with zero attached hydrogens (tertiary/aromatic N) is 2. The van der Waals surface area contributed by atoms with Gasteiger partial charge in [0, 0.05) is 11.6 Å². The molecule has 1 aromatic carbocycles. The summed E-state index contributed by atoms with van der Waals surface area (Å²) in [5.74, 6) is 1.16. The fraction of sp³-hybridized carbons (Fsp3) is 0.429. The number of carbonyl (C=O) groups excluding carboxylic acids is 1. The average molecular weight is 243 g/mol. The Labute approximate surface area is 106 Å². The Hall–Kier alpha value is -1.68. The van der Waals surface area contributed by atoms with E-state index in [1.165, 1.54) is 12.8 Å². The maximum atomic E-state index is 11.8. The predicted octanol–water partition coefficient (Wildman–Crippen LogP) is 2.08. The van der Waals surface area contributed by atoms with E-state index in [0.29, 0.717) is 12.6 Å². The lowest BCUT2D eigenvalue weighted by molar-refractivity contribution is 0.0993. The zero-order valence-electron chi connectivity index (χ0n) is 10.7. The Morgan fingerprint density at radius 1 is 1.50 bits per heavy atom. The molecule has 1 aliphatic rings. The molecule has 3 rings (SSSR count). The highest BCUT2D eigenvalue weighted by Gasteiger charge is 2.27. The molecular formula is C14H17N3O. The minimum absolute atomic E-state index is 0.109. The third-order valence-corrected chi connectivity index (χ3v) is 3.44. The fourth-order valence-corrected chi connectivity index (χ4v) is 2.45. The largest absolute Gasteiger partial charge is 0.325 e. The number of Topliss-reactive ketones (excluding diaryl/α,β-unsaturated/α-hetero) is 1. The molecule has 1 saturated carbocycles. The van der Waals surface area contributed by atoms with Crippen LogP contribution in [0.25, 0.3) is 11.0 Å². The van der Waals surface area contributed by atoms with E-state index in [0.717, 1.165) is 22.4 Å². The normalized spacial score (nSPS) is 15.2. The highest BCUT2D eigenvalue weighted by Crippen LogP contribution is 2.38. The lowest BCUT2D eigenvalue weighted by Gasteiger charge is -2.04. The summed E-state index contributed by atoms with van der Waals surface area (Å²) in [4.78, 5) is 16.4. The predicted molar refractivity (Wildman–Crippen MR) is 71.0 cm³/mol. The molecule has 0 saturated heterocycles. The molecule has 0 aliphatic heterocycles. The minimum atomic E-state index is 0.109. The average Bonchev–Trinajstić information content (AvgIpc) is 3.11. The van der Waals surface area contributed by atoms with Crippen LogP contribution in [0.4, 0.5) is 0 Å². The van der Waals surface area contributed by atoms with Crippen molar-refractivity contribution < 1.29 is 4.79 Å². The van der Waals surface area contributed by atoms with Gasteiger partial charge in [-0.1, -0.05) is 0 Å². The number of likely N-dealkylation sites (N-methyl/N-ethyl adjacent to an activating group) is 1. The van der Waals surface area contributed by atoms with E-state index < -0.39 is 0 Å². The summed E-state index contributed by atoms with van der Waals surface area (Å²) in [6.45, 7) is 2.40. The molecular weight excluding hydrogens is 226 g/mol. The zero-order chi connectivity index (χ0) is 12.7. The second kappa shape index (κ2) is 4.21. The van der Waals surface area contributed by atoms with Crippen molar-refractivity contribution in [3.8, 4) is 0 Å². The smallest absolute Gasteiger partial charge is 0.176 e. The molecule has 4 nitrogen and oxygen atoms in total. The molecule has 0 amide bonds. The number of hydrogen-bond donors (Lipinski definition) is 1. The standard InChI is InChI=1S/C14H17N3O/c1-9-16-12-7-10(14(18)8-15-2)3-6-13(12)17(9)11-4-5-11/h3,6-7,11,15H,4-5,8H2,1-2H3. The number of imidazole rings is 1. The summed E-state index contributed by atoms with van der Waals surface area (Å²) >= 11 is 0. The summed E-state index contributed by atoms with van der Waals surface area (Å²) in [5, 5.41) is 2.88. The van der Waals surface area contributed by atoms with Gasteiger partial charge in [-0.05, 0) is 45.0 Å². The van der Waals surface area contributed by atoms with E-state index in [-0.39, 0.29) is 5.78 Å². The van der Waals surface area contributed by atoms with Crippen LogP contribution in [0, 0.1) is 6.92 Å². The van der Waals surface area contributed by atoms with Crippen LogP contribution in [0.2, 0.25) is 0 Å². The fourth-order valence-electron chi connectivity index (χ4n) is 2.45. The van der Waals surface area contributed by atoms with E-state index >= 15 is 0 Å². The Bertz CT molecular complexity index is 611. The lowest BCUT2D eigenvalue weighted by atomic mass is 10.1. The summed E-state index contributed by atoms with van der Waals surface area (Å²) in [6.07, 6.45) is 2.49. The molecule has 0 radical (unpaired) electrons. The van der Waals surface area contributed by atoms with Gasteiger partial charge in [-0.3, -0.25) is 4.79 Å². The van der Waals surface area contributed by atoms with Crippen molar-refractivity contribution in [1.29, 1.82) is 0 Å². The summed E-state index contributed by atoms with van der Waals surface area (Å²) in [7, 11) is 1.78. The number of carbonyl (C=O) groups is 1. The van der Waals surface area contributed by atoms with Crippen LogP contribution in [0.3, 0.4) is 0 Å². The Balaban J connectivity index is 2.05. The van der Waals surface area contributed by atoms with E-state index in [2.05, 4.69) is 14.9 Å². The van der Waals surface area contributed by atoms with Gasteiger partial charge < -0.3 is 9.88 Å². The molecule has 1 heterocycles. The first-order chi connectivity index (χ1) is 8.70. The number of nitrogens with one attached hydrogen (secondary N) is 1. The van der Waals surface area contributed by atoms with Crippen molar-refractivity contribution in [2.24, 2.45) is 0 Å². The van der Waals surface area contributed by atoms with Crippen LogP contribution in [0.15, 0.2) is 18.2 Å². The number of hydrogen-bond acceptors (Lipinski definition) is 3. The monoisotopic (exact) mass is 243 g/mol. The molecule has 1 fully saturated rings. The van der Waals surface area contributed by atoms with E-state index in [9.17, 15) is 4.79 Å². The highest BCUT2D eigenvalue weighted by molar-refractivity contribution is 6.00. The molecule has 1 N–H and O–H groups in total. The molecule has 0 atom stereocenters. The van der Waals surface area contributed by atoms with E-state index in [1.807, 2.05) is 25.1 Å². The quantitative estimate of drug-likeness (QED) is 0.836. The van der Waals surface area contributed by atoms with Crippen molar-refractivity contribution in [2.45, 2.75) is 25.8 Å². The Morgan fingerprint density at radius 2 is 2.28 bits per heavy atom. The Kier molecular flexibility index (Phi) is 2.67. The molecule has 18 heavy (non-hydrogen) atoms. The molecule has 1 aromatic heterocycles. The number of benzene rings is 1. The summed E-state index contributed by atoms with van der Waals surface area (Å²) in [6, 6.07) is 6.45. The van der Waals surface area contributed by atoms with Crippen molar-refractivity contribution in [3.05, 3.63) is 29.6 Å². The molecule has 0 bridgehead atoms. The zero-order valence-corrected chi connectivity index (χ0v) is 10.7. The van der Waals surface area contributed by atoms with Gasteiger partial charge in [0.2, 0.25) is 0 Å². The molecule has 94 valence electrons. The van der Waals surface area contributed by atoms with E-state index in [4.69, 9.17) is 0 Å². The summed E-state index contributed by atoms with van der Waals surface area (Å²) < 4.78 is 2.29. The second-order valence-corrected chi connectivity index (χ2v) is 4.92. The third-order valence-electron chi connectivity index (χ3n) is 3.44. The van der Waals surface area contributed by atoms with Crippen LogP contribution in [-0.4, -0.2) is 28.9 Å². The molecule has 2 aromatic rings.